The maximum absolute atomic E-state index is 14.3. The minimum atomic E-state index is -1.47. The first-order chi connectivity index (χ1) is 22.8. The van der Waals surface area contributed by atoms with Crippen molar-refractivity contribution in [1.82, 2.24) is 35.8 Å². The molecule has 1 aromatic heterocycles. The van der Waals surface area contributed by atoms with Crippen molar-refractivity contribution >= 4 is 29.8 Å². The molecule has 3 aliphatic rings. The number of allylic oxidation sites excluding steroid dienone is 1. The highest BCUT2D eigenvalue weighted by Gasteiger charge is 2.61. The molecule has 1 aliphatic carbocycles. The molecule has 14 nitrogen and oxygen atoms in total. The van der Waals surface area contributed by atoms with Gasteiger partial charge in [0.1, 0.15) is 28.9 Å². The zero-order chi connectivity index (χ0) is 34.6. The van der Waals surface area contributed by atoms with Crippen LogP contribution in [0, 0.1) is 5.92 Å². The Morgan fingerprint density at radius 2 is 1.85 bits per heavy atom. The van der Waals surface area contributed by atoms with Gasteiger partial charge in [0.15, 0.2) is 5.69 Å². The average Bonchev–Trinajstić information content (AvgIpc) is 3.35. The number of benzene rings is 1. The highest BCUT2D eigenvalue weighted by atomic mass is 16.6. The van der Waals surface area contributed by atoms with Crippen molar-refractivity contribution in [3.05, 3.63) is 48.2 Å². The zero-order valence-corrected chi connectivity index (χ0v) is 27.9. The largest absolute Gasteiger partial charge is 0.479 e. The van der Waals surface area contributed by atoms with Crippen molar-refractivity contribution in [1.29, 1.82) is 0 Å². The molecule has 2 aliphatic heterocycles. The lowest BCUT2D eigenvalue weighted by Gasteiger charge is -2.30. The smallest absolute Gasteiger partial charge is 0.408 e. The number of amides is 4. The van der Waals surface area contributed by atoms with Gasteiger partial charge in [0.05, 0.1) is 6.04 Å². The van der Waals surface area contributed by atoms with E-state index in [1.165, 1.54) is 9.70 Å². The van der Waals surface area contributed by atoms with Crippen molar-refractivity contribution in [2.75, 3.05) is 13.1 Å². The maximum Gasteiger partial charge on any atom is 0.408 e. The Hall–Kier alpha value is -4.75. The van der Waals surface area contributed by atoms with Crippen LogP contribution in [0.1, 0.15) is 89.2 Å². The molecule has 1 saturated heterocycles. The molecular weight excluding hydrogens is 618 g/mol. The first kappa shape index (κ1) is 34.6. The second kappa shape index (κ2) is 14.2. The normalized spacial score (nSPS) is 27.0. The Morgan fingerprint density at radius 3 is 2.54 bits per heavy atom. The van der Waals surface area contributed by atoms with Gasteiger partial charge >= 0.3 is 12.1 Å². The summed E-state index contributed by atoms with van der Waals surface area (Å²) in [5.74, 6) is -3.03. The monoisotopic (exact) mass is 663 g/mol. The lowest BCUT2D eigenvalue weighted by molar-refractivity contribution is -0.145. The molecule has 0 unspecified atom stereocenters. The molecule has 1 saturated carbocycles. The summed E-state index contributed by atoms with van der Waals surface area (Å²) in [6.45, 7) is 7.34. The molecule has 4 amide bonds. The summed E-state index contributed by atoms with van der Waals surface area (Å²) < 4.78 is 5.46. The number of ether oxygens (including phenoxy) is 1. The van der Waals surface area contributed by atoms with Gasteiger partial charge in [-0.05, 0) is 53.4 Å². The second-order valence-electron chi connectivity index (χ2n) is 13.7. The van der Waals surface area contributed by atoms with E-state index in [1.807, 2.05) is 42.5 Å². The summed E-state index contributed by atoms with van der Waals surface area (Å²) in [4.78, 5) is 69.4. The van der Waals surface area contributed by atoms with Gasteiger partial charge in [-0.1, -0.05) is 55.3 Å². The summed E-state index contributed by atoms with van der Waals surface area (Å²) >= 11 is 0. The molecule has 0 spiro atoms. The van der Waals surface area contributed by atoms with Gasteiger partial charge in [-0.2, -0.15) is 9.90 Å². The molecule has 2 aromatic rings. The predicted octanol–water partition coefficient (Wildman–Crippen LogP) is 3.21. The molecule has 1 aromatic carbocycles. The molecule has 14 heteroatoms. The van der Waals surface area contributed by atoms with E-state index in [0.29, 0.717) is 30.6 Å². The number of carbonyl (C=O) groups is 5. The molecule has 0 bridgehead atoms. The van der Waals surface area contributed by atoms with E-state index in [4.69, 9.17) is 4.74 Å². The predicted molar refractivity (Wildman–Crippen MR) is 175 cm³/mol. The summed E-state index contributed by atoms with van der Waals surface area (Å²) in [6, 6.07) is 6.40. The maximum atomic E-state index is 14.3. The van der Waals surface area contributed by atoms with Crippen LogP contribution in [0.25, 0.3) is 11.3 Å². The summed E-state index contributed by atoms with van der Waals surface area (Å²) in [5, 5.41) is 27.6. The molecule has 5 rings (SSSR count). The fourth-order valence-electron chi connectivity index (χ4n) is 6.37. The molecule has 3 heterocycles. The van der Waals surface area contributed by atoms with Crippen LogP contribution in [0.2, 0.25) is 0 Å². The van der Waals surface area contributed by atoms with Crippen LogP contribution >= 0.6 is 0 Å². The van der Waals surface area contributed by atoms with Crippen LogP contribution in [0.15, 0.2) is 42.5 Å². The standard InChI is InChI=1S/C34H45N7O7/c1-5-35-29(43)27-26(21-14-10-9-11-15-21)38-41(39-27)23-18-25-28(42)37-34(31(45)46)19-22(34)16-12-7-6-8-13-17-24(30(44)40(25)20-23)36-32(47)48-33(2,3)4/h9-12,14-16,22-25H,5-8,13,17-20H2,1-4H3,(H,35,43)(H,36,47)(H,37,42)(H,45,46)/b16-12-/t22-,23-,24-,25-,34+/m0/s1. The lowest BCUT2D eigenvalue weighted by atomic mass is 10.0. The average molecular weight is 664 g/mol. The van der Waals surface area contributed by atoms with Crippen molar-refractivity contribution in [3.8, 4) is 11.3 Å². The SMILES string of the molecule is CCNC(=O)c1nn([C@H]2C[C@H]3C(=O)N[C@]4(C(=O)O)C[C@@H]4/C=C\CCCCC[C@H](NC(=O)OC(C)(C)C)C(=O)N3C2)nc1-c1ccccc1. The second-order valence-corrected chi connectivity index (χ2v) is 13.7. The van der Waals surface area contributed by atoms with E-state index in [-0.39, 0.29) is 31.0 Å². The van der Waals surface area contributed by atoms with E-state index in [1.54, 1.807) is 27.7 Å². The van der Waals surface area contributed by atoms with E-state index in [0.717, 1.165) is 19.3 Å². The highest BCUT2D eigenvalue weighted by molar-refractivity contribution is 5.98. The molecule has 258 valence electrons. The minimum absolute atomic E-state index is 0.00936. The topological polar surface area (TPSA) is 185 Å². The van der Waals surface area contributed by atoms with Crippen molar-refractivity contribution in [2.24, 2.45) is 5.92 Å². The Kier molecular flexibility index (Phi) is 10.2. The molecule has 4 N–H and O–H groups in total. The first-order valence-corrected chi connectivity index (χ1v) is 16.7. The van der Waals surface area contributed by atoms with Crippen LogP contribution in [0.3, 0.4) is 0 Å². The van der Waals surface area contributed by atoms with Gasteiger partial charge in [-0.25, -0.2) is 9.59 Å². The number of aliphatic carboxylic acids is 1. The Balaban J connectivity index is 1.50. The third-order valence-corrected chi connectivity index (χ3v) is 8.88. The summed E-state index contributed by atoms with van der Waals surface area (Å²) in [5.41, 5.74) is -1.14. The van der Waals surface area contributed by atoms with E-state index >= 15 is 0 Å². The number of hydrogen-bond donors (Lipinski definition) is 4. The number of nitrogens with zero attached hydrogens (tertiary/aromatic N) is 4. The summed E-state index contributed by atoms with van der Waals surface area (Å²) in [7, 11) is 0. The van der Waals surface area contributed by atoms with Gasteiger partial charge in [0.2, 0.25) is 11.8 Å². The minimum Gasteiger partial charge on any atom is -0.479 e. The van der Waals surface area contributed by atoms with Gasteiger partial charge < -0.3 is 30.7 Å². The third-order valence-electron chi connectivity index (χ3n) is 8.88. The number of fused-ring (bicyclic) bond motifs is 2. The number of nitrogens with one attached hydrogen (secondary N) is 3. The number of alkyl carbamates (subject to hydrolysis) is 1. The van der Waals surface area contributed by atoms with Gasteiger partial charge in [0.25, 0.3) is 5.91 Å². The van der Waals surface area contributed by atoms with Crippen LogP contribution in [0.4, 0.5) is 4.79 Å². The van der Waals surface area contributed by atoms with Crippen LogP contribution in [0.5, 0.6) is 0 Å². The molecule has 5 atom stereocenters. The molecule has 48 heavy (non-hydrogen) atoms. The van der Waals surface area contributed by atoms with E-state index < -0.39 is 59.0 Å². The molecule has 2 fully saturated rings. The van der Waals surface area contributed by atoms with E-state index in [2.05, 4.69) is 26.1 Å². The highest BCUT2D eigenvalue weighted by Crippen LogP contribution is 2.45. The molecule has 0 radical (unpaired) electrons. The van der Waals surface area contributed by atoms with Gasteiger partial charge in [0, 0.05) is 31.0 Å². The van der Waals surface area contributed by atoms with Gasteiger partial charge in [-0.3, -0.25) is 14.4 Å². The number of aromatic nitrogens is 3. The third kappa shape index (κ3) is 7.69. The number of rotatable bonds is 6. The lowest BCUT2D eigenvalue weighted by Crippen LogP contribution is -2.56. The number of carbonyl (C=O) groups excluding carboxylic acids is 4. The zero-order valence-electron chi connectivity index (χ0n) is 27.9. The fraction of sp³-hybridized carbons (Fsp3) is 0.559. The fourth-order valence-corrected chi connectivity index (χ4v) is 6.37. The number of carboxylic acids is 1. The Bertz CT molecular complexity index is 1570. The van der Waals surface area contributed by atoms with E-state index in [9.17, 15) is 29.1 Å². The van der Waals surface area contributed by atoms with Crippen LogP contribution < -0.4 is 16.0 Å². The van der Waals surface area contributed by atoms with Gasteiger partial charge in [-0.15, -0.1) is 5.10 Å². The number of hydrogen-bond acceptors (Lipinski definition) is 8. The summed E-state index contributed by atoms with van der Waals surface area (Å²) in [6.07, 6.45) is 6.63. The Morgan fingerprint density at radius 1 is 1.10 bits per heavy atom. The van der Waals surface area contributed by atoms with Crippen LogP contribution in [-0.4, -0.2) is 91.1 Å². The number of carboxylic acid groups (broad SMARTS) is 1. The first-order valence-electron chi connectivity index (χ1n) is 16.7. The van der Waals surface area contributed by atoms with Crippen molar-refractivity contribution in [3.63, 3.8) is 0 Å². The Labute approximate surface area is 279 Å². The molecular formula is C34H45N7O7. The quantitative estimate of drug-likeness (QED) is 0.337. The van der Waals surface area contributed by atoms with Crippen molar-refractivity contribution < 1.29 is 33.8 Å². The van der Waals surface area contributed by atoms with Crippen molar-refractivity contribution in [2.45, 2.75) is 102 Å². The van der Waals surface area contributed by atoms with Crippen LogP contribution in [-0.2, 0) is 19.1 Å².